The van der Waals surface area contributed by atoms with E-state index in [-0.39, 0.29) is 36.1 Å². The first-order valence-corrected chi connectivity index (χ1v) is 12.0. The van der Waals surface area contributed by atoms with Gasteiger partial charge in [0.1, 0.15) is 5.75 Å². The molecule has 0 aromatic heterocycles. The number of hydrogen-bond acceptors (Lipinski definition) is 6. The molecule has 160 valence electrons. The molecule has 0 unspecified atom stereocenters. The summed E-state index contributed by atoms with van der Waals surface area (Å²) in [5.74, 6) is -0.314. The van der Waals surface area contributed by atoms with Gasteiger partial charge in [0.05, 0.1) is 11.5 Å². The van der Waals surface area contributed by atoms with Crippen LogP contribution in [0.1, 0.15) is 44.2 Å². The molecule has 1 saturated heterocycles. The molecule has 1 aliphatic heterocycles. The zero-order valence-electron chi connectivity index (χ0n) is 17.1. The van der Waals surface area contributed by atoms with Crippen LogP contribution in [-0.4, -0.2) is 62.0 Å². The van der Waals surface area contributed by atoms with E-state index < -0.39 is 22.4 Å². The van der Waals surface area contributed by atoms with Gasteiger partial charge in [-0.3, -0.25) is 4.79 Å². The van der Waals surface area contributed by atoms with Crippen LogP contribution in [0, 0.1) is 0 Å². The average molecular weight is 424 g/mol. The Bertz CT molecular complexity index is 866. The van der Waals surface area contributed by atoms with Crippen LogP contribution in [0.5, 0.6) is 5.75 Å². The Morgan fingerprint density at radius 1 is 1.21 bits per heavy atom. The van der Waals surface area contributed by atoms with E-state index in [4.69, 9.17) is 9.47 Å². The Labute approximate surface area is 172 Å². The smallest absolute Gasteiger partial charge is 0.344 e. The SMILES string of the molecule is CC[C@H](C)N(C(=O)COC(=O)COc1ccc2c(c1)CCC2)[C@H]1CCS(=O)(=O)C1. The van der Waals surface area contributed by atoms with E-state index >= 15 is 0 Å². The Balaban J connectivity index is 1.50. The van der Waals surface area contributed by atoms with Gasteiger partial charge in [-0.25, -0.2) is 13.2 Å². The quantitative estimate of drug-likeness (QED) is 0.594. The number of amides is 1. The predicted octanol–water partition coefficient (Wildman–Crippen LogP) is 1.91. The molecule has 0 saturated carbocycles. The third kappa shape index (κ3) is 5.50. The molecule has 8 heteroatoms. The number of benzene rings is 1. The number of nitrogens with zero attached hydrogens (tertiary/aromatic N) is 1. The maximum absolute atomic E-state index is 12.7. The first-order chi connectivity index (χ1) is 13.8. The van der Waals surface area contributed by atoms with Crippen molar-refractivity contribution >= 4 is 21.7 Å². The maximum Gasteiger partial charge on any atom is 0.344 e. The van der Waals surface area contributed by atoms with Crippen LogP contribution in [0.4, 0.5) is 0 Å². The van der Waals surface area contributed by atoms with E-state index in [0.29, 0.717) is 18.6 Å². The van der Waals surface area contributed by atoms with Gasteiger partial charge in [0.25, 0.3) is 5.91 Å². The lowest BCUT2D eigenvalue weighted by atomic mass is 10.1. The summed E-state index contributed by atoms with van der Waals surface area (Å²) < 4.78 is 34.2. The van der Waals surface area contributed by atoms with Gasteiger partial charge >= 0.3 is 5.97 Å². The van der Waals surface area contributed by atoms with E-state index in [2.05, 4.69) is 0 Å². The fourth-order valence-corrected chi connectivity index (χ4v) is 5.75. The van der Waals surface area contributed by atoms with Crippen molar-refractivity contribution in [2.24, 2.45) is 0 Å². The molecule has 2 atom stereocenters. The average Bonchev–Trinajstić information content (AvgIpc) is 3.30. The summed E-state index contributed by atoms with van der Waals surface area (Å²) >= 11 is 0. The van der Waals surface area contributed by atoms with Gasteiger partial charge < -0.3 is 14.4 Å². The molecule has 1 aliphatic carbocycles. The summed E-state index contributed by atoms with van der Waals surface area (Å²) in [7, 11) is -3.11. The number of esters is 1. The van der Waals surface area contributed by atoms with Gasteiger partial charge in [0, 0.05) is 12.1 Å². The second-order valence-electron chi connectivity index (χ2n) is 7.85. The molecule has 1 heterocycles. The van der Waals surface area contributed by atoms with Gasteiger partial charge in [-0.2, -0.15) is 0 Å². The Hall–Kier alpha value is -2.09. The van der Waals surface area contributed by atoms with E-state index in [0.717, 1.165) is 19.3 Å². The highest BCUT2D eigenvalue weighted by molar-refractivity contribution is 7.91. The largest absolute Gasteiger partial charge is 0.482 e. The molecule has 1 aromatic carbocycles. The number of rotatable bonds is 8. The minimum Gasteiger partial charge on any atom is -0.482 e. The molecule has 29 heavy (non-hydrogen) atoms. The van der Waals surface area contributed by atoms with Crippen LogP contribution in [0.2, 0.25) is 0 Å². The molecule has 2 aliphatic rings. The van der Waals surface area contributed by atoms with Crippen molar-refractivity contribution in [2.75, 3.05) is 24.7 Å². The second kappa shape index (κ2) is 9.15. The molecule has 0 bridgehead atoms. The second-order valence-corrected chi connectivity index (χ2v) is 10.1. The Kier molecular flexibility index (Phi) is 6.82. The Morgan fingerprint density at radius 3 is 2.66 bits per heavy atom. The van der Waals surface area contributed by atoms with E-state index in [1.54, 1.807) is 4.90 Å². The molecule has 3 rings (SSSR count). The topological polar surface area (TPSA) is 90.0 Å². The molecular formula is C21H29NO6S. The van der Waals surface area contributed by atoms with Gasteiger partial charge in [-0.1, -0.05) is 13.0 Å². The van der Waals surface area contributed by atoms with E-state index in [1.165, 1.54) is 11.1 Å². The fourth-order valence-electron chi connectivity index (χ4n) is 4.04. The zero-order chi connectivity index (χ0) is 21.0. The van der Waals surface area contributed by atoms with Gasteiger partial charge in [-0.05, 0) is 62.3 Å². The molecule has 0 N–H and O–H groups in total. The number of aryl methyl sites for hydroxylation is 2. The zero-order valence-corrected chi connectivity index (χ0v) is 17.9. The molecular weight excluding hydrogens is 394 g/mol. The highest BCUT2D eigenvalue weighted by atomic mass is 32.2. The molecule has 0 radical (unpaired) electrons. The van der Waals surface area contributed by atoms with Crippen molar-refractivity contribution < 1.29 is 27.5 Å². The van der Waals surface area contributed by atoms with Gasteiger partial charge in [0.15, 0.2) is 23.1 Å². The lowest BCUT2D eigenvalue weighted by Crippen LogP contribution is -2.48. The van der Waals surface area contributed by atoms with Crippen LogP contribution in [-0.2, 0) is 37.0 Å². The number of carbonyl (C=O) groups excluding carboxylic acids is 2. The standard InChI is InChI=1S/C21H29NO6S/c1-3-15(2)22(18-9-10-29(25,26)14-18)20(23)12-28-21(24)13-27-19-8-7-16-5-4-6-17(16)11-19/h7-8,11,15,18H,3-6,9-10,12-14H2,1-2H3/t15-,18-/m0/s1. The highest BCUT2D eigenvalue weighted by Gasteiger charge is 2.36. The third-order valence-corrected chi connectivity index (χ3v) is 7.49. The van der Waals surface area contributed by atoms with E-state index in [9.17, 15) is 18.0 Å². The summed E-state index contributed by atoms with van der Waals surface area (Å²) in [6.45, 7) is 3.13. The minimum atomic E-state index is -3.11. The number of ether oxygens (including phenoxy) is 2. The van der Waals surface area contributed by atoms with Crippen LogP contribution in [0.15, 0.2) is 18.2 Å². The van der Waals surface area contributed by atoms with Crippen LogP contribution >= 0.6 is 0 Å². The van der Waals surface area contributed by atoms with Crippen molar-refractivity contribution in [3.8, 4) is 5.75 Å². The first-order valence-electron chi connectivity index (χ1n) is 10.2. The lowest BCUT2D eigenvalue weighted by molar-refractivity contribution is -0.155. The van der Waals surface area contributed by atoms with Crippen LogP contribution in [0.25, 0.3) is 0 Å². The molecule has 7 nitrogen and oxygen atoms in total. The fraction of sp³-hybridized carbons (Fsp3) is 0.619. The monoisotopic (exact) mass is 423 g/mol. The van der Waals surface area contributed by atoms with Crippen molar-refractivity contribution in [1.82, 2.24) is 4.90 Å². The predicted molar refractivity (Wildman–Crippen MR) is 109 cm³/mol. The highest BCUT2D eigenvalue weighted by Crippen LogP contribution is 2.26. The number of fused-ring (bicyclic) bond motifs is 1. The molecule has 1 fully saturated rings. The summed E-state index contributed by atoms with van der Waals surface area (Å²) in [6, 6.07) is 5.33. The van der Waals surface area contributed by atoms with Crippen molar-refractivity contribution in [2.45, 2.75) is 58.0 Å². The van der Waals surface area contributed by atoms with Gasteiger partial charge in [0.2, 0.25) is 0 Å². The van der Waals surface area contributed by atoms with Gasteiger partial charge in [-0.15, -0.1) is 0 Å². The summed E-state index contributed by atoms with van der Waals surface area (Å²) in [5, 5.41) is 0. The first kappa shape index (κ1) is 21.6. The van der Waals surface area contributed by atoms with Crippen LogP contribution < -0.4 is 4.74 Å². The summed E-state index contributed by atoms with van der Waals surface area (Å²) in [6.07, 6.45) is 4.35. The molecule has 0 spiro atoms. The summed E-state index contributed by atoms with van der Waals surface area (Å²) in [5.41, 5.74) is 2.58. The van der Waals surface area contributed by atoms with Crippen molar-refractivity contribution in [3.05, 3.63) is 29.3 Å². The van der Waals surface area contributed by atoms with Crippen molar-refractivity contribution in [3.63, 3.8) is 0 Å². The minimum absolute atomic E-state index is 0.0293. The number of carbonyl (C=O) groups is 2. The maximum atomic E-state index is 12.7. The molecule has 1 aromatic rings. The van der Waals surface area contributed by atoms with Crippen molar-refractivity contribution in [1.29, 1.82) is 0 Å². The Morgan fingerprint density at radius 2 is 1.97 bits per heavy atom. The van der Waals surface area contributed by atoms with E-state index in [1.807, 2.05) is 32.0 Å². The normalized spacial score (nSPS) is 20.7. The summed E-state index contributed by atoms with van der Waals surface area (Å²) in [4.78, 5) is 26.3. The lowest BCUT2D eigenvalue weighted by Gasteiger charge is -2.33. The number of sulfone groups is 1. The molecule has 1 amide bonds. The number of hydrogen-bond donors (Lipinski definition) is 0. The third-order valence-electron chi connectivity index (χ3n) is 5.74. The van der Waals surface area contributed by atoms with Crippen LogP contribution in [0.3, 0.4) is 0 Å².